The van der Waals surface area contributed by atoms with Crippen molar-refractivity contribution in [1.82, 2.24) is 9.55 Å². The van der Waals surface area contributed by atoms with E-state index in [0.717, 1.165) is 5.56 Å². The number of aromatic nitrogens is 2. The van der Waals surface area contributed by atoms with Crippen molar-refractivity contribution in [2.45, 2.75) is 26.8 Å². The molecule has 0 spiro atoms. The average Bonchev–Trinajstić information content (AvgIpc) is 2.82. The highest BCUT2D eigenvalue weighted by atomic mass is 19.1. The summed E-state index contributed by atoms with van der Waals surface area (Å²) < 4.78 is 19.9. The molecule has 6 nitrogen and oxygen atoms in total. The Labute approximate surface area is 136 Å². The number of amides is 1. The van der Waals surface area contributed by atoms with Crippen LogP contribution in [0, 0.1) is 19.7 Å². The summed E-state index contributed by atoms with van der Waals surface area (Å²) in [4.78, 5) is 28.5. The maximum atomic E-state index is 13.1. The van der Waals surface area contributed by atoms with Crippen molar-refractivity contribution in [1.29, 1.82) is 0 Å². The first kappa shape index (κ1) is 15.9. The molecule has 0 unspecified atom stereocenters. The van der Waals surface area contributed by atoms with Gasteiger partial charge in [-0.25, -0.2) is 9.37 Å². The lowest BCUT2D eigenvalue weighted by Crippen LogP contribution is -2.23. The number of fused-ring (bicyclic) bond motifs is 1. The minimum atomic E-state index is -0.426. The smallest absolute Gasteiger partial charge is 0.264 e. The van der Waals surface area contributed by atoms with Crippen molar-refractivity contribution in [2.75, 3.05) is 5.32 Å². The van der Waals surface area contributed by atoms with E-state index in [2.05, 4.69) is 10.3 Å². The van der Waals surface area contributed by atoms with Crippen LogP contribution in [0.25, 0.3) is 11.1 Å². The topological polar surface area (TPSA) is 77.1 Å². The molecule has 0 atom stereocenters. The molecule has 0 saturated heterocycles. The second kappa shape index (κ2) is 6.27. The Morgan fingerprint density at radius 1 is 1.38 bits per heavy atom. The van der Waals surface area contributed by atoms with Crippen molar-refractivity contribution in [3.05, 3.63) is 58.1 Å². The second-order valence-corrected chi connectivity index (χ2v) is 5.52. The van der Waals surface area contributed by atoms with E-state index in [1.165, 1.54) is 29.1 Å². The maximum absolute atomic E-state index is 13.1. The lowest BCUT2D eigenvalue weighted by molar-refractivity contribution is -0.116. The third-order valence-corrected chi connectivity index (χ3v) is 3.84. The van der Waals surface area contributed by atoms with Gasteiger partial charge < -0.3 is 9.73 Å². The quantitative estimate of drug-likeness (QED) is 0.798. The van der Waals surface area contributed by atoms with Crippen LogP contribution < -0.4 is 10.9 Å². The number of carbonyl (C=O) groups is 1. The third kappa shape index (κ3) is 3.05. The zero-order chi connectivity index (χ0) is 17.3. The predicted octanol–water partition coefficient (Wildman–Crippen LogP) is 2.77. The average molecular weight is 329 g/mol. The fourth-order valence-corrected chi connectivity index (χ4v) is 2.44. The Morgan fingerprint density at radius 2 is 2.17 bits per heavy atom. The fourth-order valence-electron chi connectivity index (χ4n) is 2.44. The zero-order valence-electron chi connectivity index (χ0n) is 13.3. The SMILES string of the molecule is Cc1oc2ncn(CCC(=O)Nc3cccc(F)c3)c(=O)c2c1C. The van der Waals surface area contributed by atoms with Crippen LogP contribution in [0.2, 0.25) is 0 Å². The summed E-state index contributed by atoms with van der Waals surface area (Å²) in [6, 6.07) is 5.64. The number of rotatable bonds is 4. The molecule has 2 heterocycles. The molecule has 1 amide bonds. The van der Waals surface area contributed by atoms with E-state index < -0.39 is 5.82 Å². The highest BCUT2D eigenvalue weighted by Crippen LogP contribution is 2.19. The number of halogens is 1. The Balaban J connectivity index is 1.74. The van der Waals surface area contributed by atoms with Crippen LogP contribution in [0.3, 0.4) is 0 Å². The Hall–Kier alpha value is -2.96. The van der Waals surface area contributed by atoms with E-state index in [1.54, 1.807) is 19.9 Å². The highest BCUT2D eigenvalue weighted by Gasteiger charge is 2.14. The van der Waals surface area contributed by atoms with Gasteiger partial charge in [-0.1, -0.05) is 6.07 Å². The Kier molecular flexibility index (Phi) is 4.16. The van der Waals surface area contributed by atoms with Crippen LogP contribution in [-0.4, -0.2) is 15.5 Å². The minimum Gasteiger partial charge on any atom is -0.443 e. The first-order chi connectivity index (χ1) is 11.5. The monoisotopic (exact) mass is 329 g/mol. The number of nitrogens with one attached hydrogen (secondary N) is 1. The van der Waals surface area contributed by atoms with Gasteiger partial charge in [-0.05, 0) is 32.0 Å². The van der Waals surface area contributed by atoms with Gasteiger partial charge in [0.2, 0.25) is 11.6 Å². The van der Waals surface area contributed by atoms with Gasteiger partial charge in [-0.3, -0.25) is 14.2 Å². The summed E-state index contributed by atoms with van der Waals surface area (Å²) in [6.07, 6.45) is 1.43. The van der Waals surface area contributed by atoms with Crippen molar-refractivity contribution in [3.63, 3.8) is 0 Å². The molecule has 24 heavy (non-hydrogen) atoms. The van der Waals surface area contributed by atoms with Gasteiger partial charge in [0.05, 0.1) is 0 Å². The van der Waals surface area contributed by atoms with Gasteiger partial charge in [0, 0.05) is 24.2 Å². The van der Waals surface area contributed by atoms with E-state index in [-0.39, 0.29) is 24.4 Å². The Bertz CT molecular complexity index is 975. The summed E-state index contributed by atoms with van der Waals surface area (Å²) in [5.41, 5.74) is 1.19. The zero-order valence-corrected chi connectivity index (χ0v) is 13.3. The van der Waals surface area contributed by atoms with E-state index in [9.17, 15) is 14.0 Å². The molecule has 3 rings (SSSR count). The first-order valence-corrected chi connectivity index (χ1v) is 7.46. The van der Waals surface area contributed by atoms with Gasteiger partial charge in [0.1, 0.15) is 23.3 Å². The molecule has 7 heteroatoms. The van der Waals surface area contributed by atoms with Gasteiger partial charge >= 0.3 is 0 Å². The largest absolute Gasteiger partial charge is 0.443 e. The number of hydrogen-bond acceptors (Lipinski definition) is 4. The molecule has 0 aliphatic rings. The summed E-state index contributed by atoms with van der Waals surface area (Å²) >= 11 is 0. The predicted molar refractivity (Wildman–Crippen MR) is 87.4 cm³/mol. The lowest BCUT2D eigenvalue weighted by atomic mass is 10.2. The van der Waals surface area contributed by atoms with E-state index in [0.29, 0.717) is 22.5 Å². The number of furan rings is 1. The number of hydrogen-bond donors (Lipinski definition) is 1. The number of anilines is 1. The van der Waals surface area contributed by atoms with E-state index >= 15 is 0 Å². The van der Waals surface area contributed by atoms with Gasteiger partial charge in [0.25, 0.3) is 5.56 Å². The van der Waals surface area contributed by atoms with Gasteiger partial charge in [0.15, 0.2) is 0 Å². The van der Waals surface area contributed by atoms with Crippen molar-refractivity contribution in [3.8, 4) is 0 Å². The van der Waals surface area contributed by atoms with Crippen LogP contribution in [0.1, 0.15) is 17.7 Å². The lowest BCUT2D eigenvalue weighted by Gasteiger charge is -2.07. The molecule has 0 bridgehead atoms. The number of aryl methyl sites for hydroxylation is 3. The maximum Gasteiger partial charge on any atom is 0.264 e. The van der Waals surface area contributed by atoms with Crippen molar-refractivity contribution >= 4 is 22.7 Å². The molecule has 0 fully saturated rings. The molecule has 124 valence electrons. The van der Waals surface area contributed by atoms with E-state index in [4.69, 9.17) is 4.42 Å². The molecule has 0 aliphatic carbocycles. The highest BCUT2D eigenvalue weighted by molar-refractivity contribution is 5.90. The standard InChI is InChI=1S/C17H16FN3O3/c1-10-11(2)24-16-15(10)17(23)21(9-19-16)7-6-14(22)20-13-5-3-4-12(18)8-13/h3-5,8-9H,6-7H2,1-2H3,(H,20,22). The van der Waals surface area contributed by atoms with Crippen LogP contribution in [0.15, 0.2) is 39.8 Å². The first-order valence-electron chi connectivity index (χ1n) is 7.46. The molecule has 1 aromatic carbocycles. The number of benzene rings is 1. The molecule has 0 aliphatic heterocycles. The van der Waals surface area contributed by atoms with Crippen LogP contribution in [0.5, 0.6) is 0 Å². The number of carbonyl (C=O) groups excluding carboxylic acids is 1. The third-order valence-electron chi connectivity index (χ3n) is 3.84. The second-order valence-electron chi connectivity index (χ2n) is 5.52. The summed E-state index contributed by atoms with van der Waals surface area (Å²) in [5.74, 6) is -0.0895. The Morgan fingerprint density at radius 3 is 2.92 bits per heavy atom. The van der Waals surface area contributed by atoms with Gasteiger partial charge in [-0.2, -0.15) is 0 Å². The summed E-state index contributed by atoms with van der Waals surface area (Å²) in [5, 5.41) is 3.02. The van der Waals surface area contributed by atoms with Crippen molar-refractivity contribution < 1.29 is 13.6 Å². The van der Waals surface area contributed by atoms with Crippen LogP contribution in [-0.2, 0) is 11.3 Å². The molecular formula is C17H16FN3O3. The van der Waals surface area contributed by atoms with Crippen LogP contribution in [0.4, 0.5) is 10.1 Å². The van der Waals surface area contributed by atoms with Crippen LogP contribution >= 0.6 is 0 Å². The molecule has 1 N–H and O–H groups in total. The molecular weight excluding hydrogens is 313 g/mol. The van der Waals surface area contributed by atoms with Crippen molar-refractivity contribution in [2.24, 2.45) is 0 Å². The summed E-state index contributed by atoms with van der Waals surface area (Å²) in [7, 11) is 0. The molecule has 2 aromatic heterocycles. The summed E-state index contributed by atoms with van der Waals surface area (Å²) in [6.45, 7) is 3.74. The molecule has 0 radical (unpaired) electrons. The van der Waals surface area contributed by atoms with Gasteiger partial charge in [-0.15, -0.1) is 0 Å². The number of nitrogens with zero attached hydrogens (tertiary/aromatic N) is 2. The fraction of sp³-hybridized carbons (Fsp3) is 0.235. The minimum absolute atomic E-state index is 0.0689. The van der Waals surface area contributed by atoms with E-state index in [1.807, 2.05) is 0 Å². The normalized spacial score (nSPS) is 11.0. The molecule has 0 saturated carbocycles. The molecule has 3 aromatic rings.